The molecule has 5 nitrogen and oxygen atoms in total. The number of halogens is 1. The lowest BCUT2D eigenvalue weighted by molar-refractivity contribution is 0.0954. The molecule has 0 atom stereocenters. The lowest BCUT2D eigenvalue weighted by atomic mass is 10.2. The van der Waals surface area contributed by atoms with Crippen molar-refractivity contribution in [3.05, 3.63) is 49.6 Å². The van der Waals surface area contributed by atoms with Gasteiger partial charge in [0.25, 0.3) is 5.91 Å². The molecule has 0 saturated heterocycles. The first kappa shape index (κ1) is 18.9. The van der Waals surface area contributed by atoms with Gasteiger partial charge in [-0.1, -0.05) is 0 Å². The van der Waals surface area contributed by atoms with Crippen molar-refractivity contribution in [2.45, 2.75) is 13.5 Å². The molecule has 1 amide bonds. The summed E-state index contributed by atoms with van der Waals surface area (Å²) < 4.78 is 11.6. The lowest BCUT2D eigenvalue weighted by Gasteiger charge is -2.08. The van der Waals surface area contributed by atoms with Crippen LogP contribution in [0.3, 0.4) is 0 Å². The monoisotopic (exact) mass is 452 g/mol. The molecule has 0 spiro atoms. The van der Waals surface area contributed by atoms with Gasteiger partial charge in [0.1, 0.15) is 9.88 Å². The van der Waals surface area contributed by atoms with Gasteiger partial charge in [-0.3, -0.25) is 4.79 Å². The Kier molecular flexibility index (Phi) is 5.95. The van der Waals surface area contributed by atoms with E-state index in [9.17, 15) is 4.79 Å². The molecule has 0 bridgehead atoms. The molecular weight excluding hydrogens is 436 g/mol. The van der Waals surface area contributed by atoms with E-state index in [1.54, 1.807) is 25.6 Å². The van der Waals surface area contributed by atoms with E-state index in [0.717, 1.165) is 19.9 Å². The van der Waals surface area contributed by atoms with Gasteiger partial charge in [0.15, 0.2) is 11.5 Å². The second-order valence-electron chi connectivity index (χ2n) is 5.42. The van der Waals surface area contributed by atoms with Crippen LogP contribution in [0.2, 0.25) is 0 Å². The average molecular weight is 453 g/mol. The molecule has 1 N–H and O–H groups in total. The minimum atomic E-state index is -0.115. The number of carbonyl (C=O) groups is 1. The summed E-state index contributed by atoms with van der Waals surface area (Å²) in [6.07, 6.45) is 0. The van der Waals surface area contributed by atoms with E-state index in [-0.39, 0.29) is 5.91 Å². The Morgan fingerprint density at radius 3 is 2.65 bits per heavy atom. The van der Waals surface area contributed by atoms with Gasteiger partial charge in [-0.25, -0.2) is 4.98 Å². The fourth-order valence-corrected chi connectivity index (χ4v) is 4.76. The number of thiazole rings is 1. The summed E-state index contributed by atoms with van der Waals surface area (Å²) in [4.78, 5) is 18.8. The molecule has 136 valence electrons. The van der Waals surface area contributed by atoms with Gasteiger partial charge < -0.3 is 14.8 Å². The number of hydrogen-bond acceptors (Lipinski definition) is 6. The number of amides is 1. The summed E-state index contributed by atoms with van der Waals surface area (Å²) in [6.45, 7) is 2.34. The molecule has 1 aromatic carbocycles. The van der Waals surface area contributed by atoms with E-state index < -0.39 is 0 Å². The summed E-state index contributed by atoms with van der Waals surface area (Å²) in [5, 5.41) is 5.72. The van der Waals surface area contributed by atoms with E-state index in [4.69, 9.17) is 9.47 Å². The minimum Gasteiger partial charge on any atom is -0.493 e. The number of benzene rings is 1. The van der Waals surface area contributed by atoms with Crippen molar-refractivity contribution in [3.8, 4) is 22.1 Å². The van der Waals surface area contributed by atoms with Crippen LogP contribution in [0, 0.1) is 6.92 Å². The van der Waals surface area contributed by atoms with Crippen molar-refractivity contribution in [2.24, 2.45) is 0 Å². The number of nitrogens with one attached hydrogen (secondary N) is 1. The van der Waals surface area contributed by atoms with Crippen molar-refractivity contribution in [1.82, 2.24) is 10.3 Å². The molecule has 3 rings (SSSR count). The zero-order chi connectivity index (χ0) is 18.7. The number of aryl methyl sites for hydroxylation is 1. The maximum atomic E-state index is 12.5. The zero-order valence-electron chi connectivity index (χ0n) is 14.5. The number of carbonyl (C=O) groups excluding carboxylic acids is 1. The molecule has 0 unspecified atom stereocenters. The first-order chi connectivity index (χ1) is 12.5. The number of aromatic nitrogens is 1. The summed E-state index contributed by atoms with van der Waals surface area (Å²) in [5.74, 6) is 1.17. The fraction of sp³-hybridized carbons (Fsp3) is 0.222. The van der Waals surface area contributed by atoms with E-state index in [1.807, 2.05) is 36.6 Å². The van der Waals surface area contributed by atoms with Crippen LogP contribution in [-0.4, -0.2) is 25.1 Å². The second kappa shape index (κ2) is 8.20. The van der Waals surface area contributed by atoms with Crippen molar-refractivity contribution in [2.75, 3.05) is 14.2 Å². The van der Waals surface area contributed by atoms with Crippen LogP contribution in [0.1, 0.15) is 20.2 Å². The van der Waals surface area contributed by atoms with Gasteiger partial charge in [-0.2, -0.15) is 0 Å². The van der Waals surface area contributed by atoms with Gasteiger partial charge in [-0.15, -0.1) is 22.7 Å². The summed E-state index contributed by atoms with van der Waals surface area (Å²) in [5.41, 5.74) is 1.60. The number of ether oxygens (including phenoxy) is 2. The third-order valence-electron chi connectivity index (χ3n) is 3.68. The fourth-order valence-electron chi connectivity index (χ4n) is 2.39. The Morgan fingerprint density at radius 2 is 2.00 bits per heavy atom. The Bertz CT molecular complexity index is 936. The highest BCUT2D eigenvalue weighted by molar-refractivity contribution is 9.10. The van der Waals surface area contributed by atoms with E-state index in [0.29, 0.717) is 28.6 Å². The lowest BCUT2D eigenvalue weighted by Crippen LogP contribution is -2.22. The van der Waals surface area contributed by atoms with Crippen LogP contribution in [-0.2, 0) is 6.54 Å². The third kappa shape index (κ3) is 4.08. The Hall–Kier alpha value is -1.90. The summed E-state index contributed by atoms with van der Waals surface area (Å²) in [6, 6.07) is 7.60. The molecule has 0 saturated carbocycles. The van der Waals surface area contributed by atoms with Gasteiger partial charge >= 0.3 is 0 Å². The van der Waals surface area contributed by atoms with E-state index >= 15 is 0 Å². The molecule has 8 heteroatoms. The molecule has 26 heavy (non-hydrogen) atoms. The van der Waals surface area contributed by atoms with Crippen LogP contribution in [0.25, 0.3) is 10.6 Å². The summed E-state index contributed by atoms with van der Waals surface area (Å²) in [7, 11) is 3.19. The van der Waals surface area contributed by atoms with Crippen molar-refractivity contribution < 1.29 is 14.3 Å². The summed E-state index contributed by atoms with van der Waals surface area (Å²) >= 11 is 6.39. The Labute approximate surface area is 168 Å². The van der Waals surface area contributed by atoms with Gasteiger partial charge in [-0.05, 0) is 47.1 Å². The number of nitrogens with zero attached hydrogens (tertiary/aromatic N) is 1. The van der Waals surface area contributed by atoms with Crippen LogP contribution >= 0.6 is 38.6 Å². The highest BCUT2D eigenvalue weighted by Gasteiger charge is 2.17. The maximum Gasteiger partial charge on any atom is 0.263 e. The number of thiophene rings is 1. The molecule has 3 aromatic rings. The highest BCUT2D eigenvalue weighted by Crippen LogP contribution is 2.35. The van der Waals surface area contributed by atoms with Crippen LogP contribution < -0.4 is 14.8 Å². The highest BCUT2D eigenvalue weighted by atomic mass is 79.9. The smallest absolute Gasteiger partial charge is 0.263 e. The number of methoxy groups -OCH3 is 2. The van der Waals surface area contributed by atoms with Crippen LogP contribution in [0.5, 0.6) is 11.5 Å². The largest absolute Gasteiger partial charge is 0.493 e. The maximum absolute atomic E-state index is 12.5. The number of rotatable bonds is 6. The minimum absolute atomic E-state index is 0.115. The van der Waals surface area contributed by atoms with E-state index in [2.05, 4.69) is 26.2 Å². The van der Waals surface area contributed by atoms with Crippen LogP contribution in [0.4, 0.5) is 0 Å². The topological polar surface area (TPSA) is 60.5 Å². The SMILES string of the molecule is COc1ccc(-c2nc(C)c(C(=O)NCc3cc(Br)cs3)s2)cc1OC. The quantitative estimate of drug-likeness (QED) is 0.578. The Morgan fingerprint density at radius 1 is 1.23 bits per heavy atom. The molecule has 2 aromatic heterocycles. The predicted molar refractivity (Wildman–Crippen MR) is 109 cm³/mol. The third-order valence-corrected chi connectivity index (χ3v) is 6.58. The molecule has 0 fully saturated rings. The Balaban J connectivity index is 1.79. The molecule has 2 heterocycles. The second-order valence-corrected chi connectivity index (χ2v) is 8.33. The molecule has 0 aliphatic heterocycles. The normalized spacial score (nSPS) is 10.6. The van der Waals surface area contributed by atoms with Crippen molar-refractivity contribution >= 4 is 44.5 Å². The molecule has 0 aliphatic rings. The zero-order valence-corrected chi connectivity index (χ0v) is 17.7. The first-order valence-electron chi connectivity index (χ1n) is 7.72. The van der Waals surface area contributed by atoms with Gasteiger partial charge in [0.05, 0.1) is 26.5 Å². The predicted octanol–water partition coefficient (Wildman–Crippen LogP) is 4.89. The molecular formula is C18H17BrN2O3S2. The number of hydrogen-bond donors (Lipinski definition) is 1. The van der Waals surface area contributed by atoms with Crippen LogP contribution in [0.15, 0.2) is 34.1 Å². The van der Waals surface area contributed by atoms with Crippen molar-refractivity contribution in [3.63, 3.8) is 0 Å². The van der Waals surface area contributed by atoms with E-state index in [1.165, 1.54) is 11.3 Å². The van der Waals surface area contributed by atoms with Gasteiger partial charge in [0.2, 0.25) is 0 Å². The molecule has 0 radical (unpaired) electrons. The van der Waals surface area contributed by atoms with Crippen molar-refractivity contribution in [1.29, 1.82) is 0 Å². The molecule has 0 aliphatic carbocycles. The average Bonchev–Trinajstić information content (AvgIpc) is 3.24. The standard InChI is InChI=1S/C18H17BrN2O3S2/c1-10-16(17(22)20-8-13-7-12(19)9-25-13)26-18(21-10)11-4-5-14(23-2)15(6-11)24-3/h4-7,9H,8H2,1-3H3,(H,20,22). The first-order valence-corrected chi connectivity index (χ1v) is 10.2. The van der Waals surface area contributed by atoms with Gasteiger partial charge in [0, 0.05) is 20.3 Å².